The van der Waals surface area contributed by atoms with Crippen LogP contribution in [-0.4, -0.2) is 23.9 Å². The molecule has 0 aliphatic rings. The third kappa shape index (κ3) is 3.85. The Balaban J connectivity index is 2.10. The van der Waals surface area contributed by atoms with Crippen molar-refractivity contribution in [3.63, 3.8) is 0 Å². The lowest BCUT2D eigenvalue weighted by atomic mass is 10.0. The first kappa shape index (κ1) is 15.1. The minimum atomic E-state index is 0.0931. The molecule has 0 unspecified atom stereocenters. The highest BCUT2D eigenvalue weighted by Crippen LogP contribution is 2.14. The van der Waals surface area contributed by atoms with Gasteiger partial charge in [-0.2, -0.15) is 0 Å². The van der Waals surface area contributed by atoms with E-state index in [0.717, 1.165) is 30.8 Å². The van der Waals surface area contributed by atoms with Crippen LogP contribution < -0.4 is 5.73 Å². The molecule has 21 heavy (non-hydrogen) atoms. The quantitative estimate of drug-likeness (QED) is 0.855. The third-order valence-corrected chi connectivity index (χ3v) is 3.61. The van der Waals surface area contributed by atoms with E-state index in [0.29, 0.717) is 0 Å². The number of amides is 1. The highest BCUT2D eigenvalue weighted by Gasteiger charge is 2.11. The second-order valence-electron chi connectivity index (χ2n) is 5.10. The van der Waals surface area contributed by atoms with Gasteiger partial charge in [0.1, 0.15) is 0 Å². The highest BCUT2D eigenvalue weighted by atomic mass is 16.2. The van der Waals surface area contributed by atoms with Gasteiger partial charge in [-0.25, -0.2) is 0 Å². The van der Waals surface area contributed by atoms with Gasteiger partial charge in [0.15, 0.2) is 0 Å². The first-order valence-corrected chi connectivity index (χ1v) is 7.36. The fourth-order valence-corrected chi connectivity index (χ4v) is 2.40. The van der Waals surface area contributed by atoms with E-state index < -0.39 is 0 Å². The van der Waals surface area contributed by atoms with Crippen molar-refractivity contribution in [3.05, 3.63) is 65.2 Å². The summed E-state index contributed by atoms with van der Waals surface area (Å²) in [6.07, 6.45) is 0.824. The van der Waals surface area contributed by atoms with Crippen molar-refractivity contribution < 1.29 is 4.79 Å². The van der Waals surface area contributed by atoms with Crippen molar-refractivity contribution in [2.75, 3.05) is 18.8 Å². The average Bonchev–Trinajstić information content (AvgIpc) is 2.49. The summed E-state index contributed by atoms with van der Waals surface area (Å²) in [6.45, 7) is 5.46. The number of carbonyl (C=O) groups excluding carboxylic acids is 1. The first-order chi connectivity index (χ1) is 10.1. The molecule has 3 heteroatoms. The fourth-order valence-electron chi connectivity index (χ4n) is 2.40. The second-order valence-corrected chi connectivity index (χ2v) is 5.10. The predicted molar refractivity (Wildman–Crippen MR) is 87.4 cm³/mol. The van der Waals surface area contributed by atoms with E-state index in [1.54, 1.807) is 0 Å². The van der Waals surface area contributed by atoms with Crippen LogP contribution in [0.5, 0.6) is 0 Å². The topological polar surface area (TPSA) is 46.3 Å². The Labute approximate surface area is 126 Å². The zero-order valence-corrected chi connectivity index (χ0v) is 12.7. The number of nitrogens with zero attached hydrogens (tertiary/aromatic N) is 1. The van der Waals surface area contributed by atoms with Crippen molar-refractivity contribution in [1.29, 1.82) is 0 Å². The fraction of sp³-hybridized carbons (Fsp3) is 0.278. The van der Waals surface area contributed by atoms with Gasteiger partial charge in [-0.1, -0.05) is 24.3 Å². The Bertz CT molecular complexity index is 601. The van der Waals surface area contributed by atoms with Crippen molar-refractivity contribution in [3.8, 4) is 0 Å². The number of hydrogen-bond donors (Lipinski definition) is 1. The van der Waals surface area contributed by atoms with Crippen LogP contribution in [0.3, 0.4) is 0 Å². The van der Waals surface area contributed by atoms with Gasteiger partial charge in [-0.05, 0) is 55.7 Å². The monoisotopic (exact) mass is 282 g/mol. The maximum Gasteiger partial charge on any atom is 0.253 e. The normalized spacial score (nSPS) is 10.4. The molecule has 2 aromatic rings. The molecule has 0 radical (unpaired) electrons. The summed E-state index contributed by atoms with van der Waals surface area (Å²) in [7, 11) is 0. The average molecular weight is 282 g/mol. The molecule has 0 heterocycles. The summed E-state index contributed by atoms with van der Waals surface area (Å²) in [5.74, 6) is 0.0931. The van der Waals surface area contributed by atoms with Crippen LogP contribution >= 0.6 is 0 Å². The van der Waals surface area contributed by atoms with E-state index in [-0.39, 0.29) is 5.91 Å². The lowest BCUT2D eigenvalue weighted by Crippen LogP contribution is -2.30. The molecule has 2 rings (SSSR count). The molecule has 2 aromatic carbocycles. The standard InChI is InChI=1S/C18H22N2O/c1-3-20(4-2)18(21)16-10-8-14(9-11-16)12-15-6-5-7-17(19)13-15/h5-11,13H,3-4,12,19H2,1-2H3. The summed E-state index contributed by atoms with van der Waals surface area (Å²) in [5, 5.41) is 0. The van der Waals surface area contributed by atoms with Gasteiger partial charge < -0.3 is 10.6 Å². The van der Waals surface area contributed by atoms with Gasteiger partial charge in [0.05, 0.1) is 0 Å². The van der Waals surface area contributed by atoms with E-state index >= 15 is 0 Å². The highest BCUT2D eigenvalue weighted by molar-refractivity contribution is 5.94. The maximum absolute atomic E-state index is 12.2. The number of anilines is 1. The number of carbonyl (C=O) groups is 1. The minimum Gasteiger partial charge on any atom is -0.399 e. The third-order valence-electron chi connectivity index (χ3n) is 3.61. The molecule has 110 valence electrons. The molecular weight excluding hydrogens is 260 g/mol. The van der Waals surface area contributed by atoms with Crippen molar-refractivity contribution in [2.24, 2.45) is 0 Å². The predicted octanol–water partition coefficient (Wildman–Crippen LogP) is 3.34. The van der Waals surface area contributed by atoms with Crippen LogP contribution in [0.2, 0.25) is 0 Å². The van der Waals surface area contributed by atoms with E-state index in [1.807, 2.05) is 61.2 Å². The molecule has 0 aromatic heterocycles. The van der Waals surface area contributed by atoms with Crippen molar-refractivity contribution in [2.45, 2.75) is 20.3 Å². The largest absolute Gasteiger partial charge is 0.399 e. The van der Waals surface area contributed by atoms with Gasteiger partial charge in [-0.15, -0.1) is 0 Å². The molecule has 2 N–H and O–H groups in total. The van der Waals surface area contributed by atoms with Gasteiger partial charge in [-0.3, -0.25) is 4.79 Å². The van der Waals surface area contributed by atoms with E-state index in [4.69, 9.17) is 5.73 Å². The molecule has 0 saturated carbocycles. The van der Waals surface area contributed by atoms with Gasteiger partial charge >= 0.3 is 0 Å². The molecule has 0 fully saturated rings. The maximum atomic E-state index is 12.2. The van der Waals surface area contributed by atoms with Crippen LogP contribution in [0.4, 0.5) is 5.69 Å². The number of nitrogen functional groups attached to an aromatic ring is 1. The zero-order valence-electron chi connectivity index (χ0n) is 12.7. The van der Waals surface area contributed by atoms with Gasteiger partial charge in [0.2, 0.25) is 0 Å². The molecule has 0 aliphatic heterocycles. The number of nitrogens with two attached hydrogens (primary N) is 1. The van der Waals surface area contributed by atoms with Crippen LogP contribution in [0.25, 0.3) is 0 Å². The van der Waals surface area contributed by atoms with E-state index in [9.17, 15) is 4.79 Å². The van der Waals surface area contributed by atoms with Crippen LogP contribution in [0.15, 0.2) is 48.5 Å². The Kier molecular flexibility index (Phi) is 4.99. The molecular formula is C18H22N2O. The summed E-state index contributed by atoms with van der Waals surface area (Å²) in [5.41, 5.74) is 9.67. The molecule has 0 saturated heterocycles. The first-order valence-electron chi connectivity index (χ1n) is 7.36. The zero-order chi connectivity index (χ0) is 15.2. The van der Waals surface area contributed by atoms with Gasteiger partial charge in [0.25, 0.3) is 5.91 Å². The molecule has 0 aliphatic carbocycles. The summed E-state index contributed by atoms with van der Waals surface area (Å²) in [4.78, 5) is 14.1. The molecule has 3 nitrogen and oxygen atoms in total. The van der Waals surface area contributed by atoms with Crippen molar-refractivity contribution >= 4 is 11.6 Å². The van der Waals surface area contributed by atoms with Gasteiger partial charge in [0, 0.05) is 24.3 Å². The van der Waals surface area contributed by atoms with Crippen LogP contribution in [-0.2, 0) is 6.42 Å². The Hall–Kier alpha value is -2.29. The number of hydrogen-bond acceptors (Lipinski definition) is 2. The number of benzene rings is 2. The second kappa shape index (κ2) is 6.93. The summed E-state index contributed by atoms with van der Waals surface area (Å²) < 4.78 is 0. The molecule has 1 amide bonds. The lowest BCUT2D eigenvalue weighted by Gasteiger charge is -2.18. The molecule has 0 atom stereocenters. The summed E-state index contributed by atoms with van der Waals surface area (Å²) in [6, 6.07) is 15.7. The Morgan fingerprint density at radius 1 is 1.00 bits per heavy atom. The van der Waals surface area contributed by atoms with Crippen LogP contribution in [0.1, 0.15) is 35.3 Å². The Morgan fingerprint density at radius 2 is 1.67 bits per heavy atom. The van der Waals surface area contributed by atoms with E-state index in [2.05, 4.69) is 6.07 Å². The molecule has 0 spiro atoms. The lowest BCUT2D eigenvalue weighted by molar-refractivity contribution is 0.0773. The smallest absolute Gasteiger partial charge is 0.253 e. The SMILES string of the molecule is CCN(CC)C(=O)c1ccc(Cc2cccc(N)c2)cc1. The minimum absolute atomic E-state index is 0.0931. The van der Waals surface area contributed by atoms with E-state index in [1.165, 1.54) is 11.1 Å². The Morgan fingerprint density at radius 3 is 2.24 bits per heavy atom. The van der Waals surface area contributed by atoms with Crippen LogP contribution in [0, 0.1) is 0 Å². The summed E-state index contributed by atoms with van der Waals surface area (Å²) >= 11 is 0. The van der Waals surface area contributed by atoms with Crippen molar-refractivity contribution in [1.82, 2.24) is 4.90 Å². The molecule has 0 bridgehead atoms. The number of rotatable bonds is 5.